The summed E-state index contributed by atoms with van der Waals surface area (Å²) in [5.41, 5.74) is 1.83. The number of carboxylic acids is 1. The second-order valence-electron chi connectivity index (χ2n) is 4.41. The van der Waals surface area contributed by atoms with Crippen molar-refractivity contribution in [1.82, 2.24) is 0 Å². The molecule has 0 aliphatic heterocycles. The highest BCUT2D eigenvalue weighted by Gasteiger charge is 2.13. The van der Waals surface area contributed by atoms with E-state index in [1.165, 1.54) is 0 Å². The highest BCUT2D eigenvalue weighted by atomic mass is 32.2. The number of carbonyl (C=O) groups is 1. The molecule has 0 radical (unpaired) electrons. The molecule has 18 heavy (non-hydrogen) atoms. The van der Waals surface area contributed by atoms with Crippen molar-refractivity contribution in [2.45, 2.75) is 26.3 Å². The van der Waals surface area contributed by atoms with Crippen molar-refractivity contribution in [3.8, 4) is 0 Å². The van der Waals surface area contributed by atoms with Crippen LogP contribution in [0.4, 0.5) is 5.69 Å². The summed E-state index contributed by atoms with van der Waals surface area (Å²) in [5.74, 6) is -0.324. The summed E-state index contributed by atoms with van der Waals surface area (Å²) in [4.78, 5) is 11.1. The Morgan fingerprint density at radius 1 is 1.50 bits per heavy atom. The number of para-hydroxylation sites is 1. The number of nitrogens with one attached hydrogen (secondary N) is 1. The Morgan fingerprint density at radius 3 is 2.72 bits per heavy atom. The molecule has 2 unspecified atom stereocenters. The van der Waals surface area contributed by atoms with Gasteiger partial charge >= 0.3 is 5.97 Å². The molecule has 2 N–H and O–H groups in total. The van der Waals surface area contributed by atoms with Gasteiger partial charge in [0.1, 0.15) is 0 Å². The van der Waals surface area contributed by atoms with Gasteiger partial charge in [-0.2, -0.15) is 0 Å². The standard InChI is InChI=1S/C13H19NO3S/c1-9-5-4-6-11(13(15)16)12(9)14-10(2)7-8-18(3)17/h4-6,10,14H,7-8H2,1-3H3,(H,15,16). The molecule has 0 heterocycles. The minimum atomic E-state index is -0.938. The Hall–Kier alpha value is -1.36. The number of rotatable bonds is 6. The predicted molar refractivity (Wildman–Crippen MR) is 74.8 cm³/mol. The van der Waals surface area contributed by atoms with E-state index in [-0.39, 0.29) is 11.6 Å². The van der Waals surface area contributed by atoms with Crippen molar-refractivity contribution in [3.05, 3.63) is 29.3 Å². The van der Waals surface area contributed by atoms with Crippen LogP contribution in [0.5, 0.6) is 0 Å². The zero-order valence-corrected chi connectivity index (χ0v) is 11.7. The first-order valence-corrected chi connectivity index (χ1v) is 7.54. The summed E-state index contributed by atoms with van der Waals surface area (Å²) in [6.45, 7) is 3.84. The minimum absolute atomic E-state index is 0.0908. The van der Waals surface area contributed by atoms with Crippen LogP contribution in [0, 0.1) is 6.92 Å². The molecular formula is C13H19NO3S. The van der Waals surface area contributed by atoms with E-state index in [1.54, 1.807) is 18.4 Å². The van der Waals surface area contributed by atoms with Gasteiger partial charge in [0.25, 0.3) is 0 Å². The molecule has 1 aromatic carbocycles. The van der Waals surface area contributed by atoms with Crippen LogP contribution in [-0.2, 0) is 10.8 Å². The molecule has 0 saturated heterocycles. The SMILES string of the molecule is Cc1cccc(C(=O)O)c1NC(C)CCS(C)=O. The van der Waals surface area contributed by atoms with Crippen LogP contribution in [0.25, 0.3) is 0 Å². The first-order chi connectivity index (χ1) is 8.41. The van der Waals surface area contributed by atoms with E-state index >= 15 is 0 Å². The van der Waals surface area contributed by atoms with Crippen LogP contribution in [0.3, 0.4) is 0 Å². The van der Waals surface area contributed by atoms with Crippen molar-refractivity contribution in [1.29, 1.82) is 0 Å². The second-order valence-corrected chi connectivity index (χ2v) is 5.97. The van der Waals surface area contributed by atoms with Crippen LogP contribution in [0.2, 0.25) is 0 Å². The van der Waals surface area contributed by atoms with E-state index < -0.39 is 16.8 Å². The van der Waals surface area contributed by atoms with Gasteiger partial charge in [0.2, 0.25) is 0 Å². The molecule has 0 bridgehead atoms. The molecule has 0 spiro atoms. The molecular weight excluding hydrogens is 250 g/mol. The maximum Gasteiger partial charge on any atom is 0.337 e. The lowest BCUT2D eigenvalue weighted by Crippen LogP contribution is -2.20. The smallest absolute Gasteiger partial charge is 0.337 e. The topological polar surface area (TPSA) is 66.4 Å². The molecule has 100 valence electrons. The zero-order valence-electron chi connectivity index (χ0n) is 10.9. The van der Waals surface area contributed by atoms with Gasteiger partial charge in [0.15, 0.2) is 0 Å². The lowest BCUT2D eigenvalue weighted by Gasteiger charge is -2.18. The number of hydrogen-bond donors (Lipinski definition) is 2. The average molecular weight is 269 g/mol. The average Bonchev–Trinajstić information content (AvgIpc) is 2.28. The third-order valence-electron chi connectivity index (χ3n) is 2.73. The third-order valence-corrected chi connectivity index (χ3v) is 3.54. The normalized spacial score (nSPS) is 13.9. The Morgan fingerprint density at radius 2 is 2.17 bits per heavy atom. The summed E-state index contributed by atoms with van der Waals surface area (Å²) in [6.07, 6.45) is 2.42. The summed E-state index contributed by atoms with van der Waals surface area (Å²) >= 11 is 0. The molecule has 0 amide bonds. The number of anilines is 1. The van der Waals surface area contributed by atoms with E-state index in [0.29, 0.717) is 11.4 Å². The van der Waals surface area contributed by atoms with Gasteiger partial charge in [-0.05, 0) is 31.9 Å². The summed E-state index contributed by atoms with van der Waals surface area (Å²) in [5, 5.41) is 12.3. The van der Waals surface area contributed by atoms with Crippen LogP contribution >= 0.6 is 0 Å². The number of aromatic carboxylic acids is 1. The fourth-order valence-corrected chi connectivity index (χ4v) is 2.38. The van der Waals surface area contributed by atoms with Gasteiger partial charge in [-0.1, -0.05) is 12.1 Å². The van der Waals surface area contributed by atoms with Crippen molar-refractivity contribution < 1.29 is 14.1 Å². The van der Waals surface area contributed by atoms with Gasteiger partial charge in [-0.3, -0.25) is 4.21 Å². The molecule has 0 aliphatic rings. The number of hydrogen-bond acceptors (Lipinski definition) is 3. The molecule has 0 aliphatic carbocycles. The maximum absolute atomic E-state index is 11.1. The Balaban J connectivity index is 2.83. The van der Waals surface area contributed by atoms with Crippen molar-refractivity contribution in [2.24, 2.45) is 0 Å². The molecule has 2 atom stereocenters. The zero-order chi connectivity index (χ0) is 13.7. The first-order valence-electron chi connectivity index (χ1n) is 5.81. The van der Waals surface area contributed by atoms with Crippen LogP contribution in [-0.4, -0.2) is 33.3 Å². The minimum Gasteiger partial charge on any atom is -0.478 e. The van der Waals surface area contributed by atoms with Gasteiger partial charge in [-0.15, -0.1) is 0 Å². The van der Waals surface area contributed by atoms with Crippen molar-refractivity contribution >= 4 is 22.5 Å². The Bertz CT molecular complexity index is 460. The number of carboxylic acid groups (broad SMARTS) is 1. The highest BCUT2D eigenvalue weighted by molar-refractivity contribution is 7.84. The van der Waals surface area contributed by atoms with Gasteiger partial charge < -0.3 is 10.4 Å². The lowest BCUT2D eigenvalue weighted by atomic mass is 10.1. The maximum atomic E-state index is 11.1. The highest BCUT2D eigenvalue weighted by Crippen LogP contribution is 2.22. The predicted octanol–water partition coefficient (Wildman–Crippen LogP) is 2.26. The molecule has 4 nitrogen and oxygen atoms in total. The van der Waals surface area contributed by atoms with Crippen molar-refractivity contribution in [2.75, 3.05) is 17.3 Å². The molecule has 1 aromatic rings. The van der Waals surface area contributed by atoms with Crippen LogP contribution in [0.15, 0.2) is 18.2 Å². The first kappa shape index (κ1) is 14.7. The van der Waals surface area contributed by atoms with E-state index in [4.69, 9.17) is 5.11 Å². The van der Waals surface area contributed by atoms with Gasteiger partial charge in [0.05, 0.1) is 11.3 Å². The molecule has 5 heteroatoms. The number of aryl methyl sites for hydroxylation is 1. The van der Waals surface area contributed by atoms with Crippen LogP contribution < -0.4 is 5.32 Å². The summed E-state index contributed by atoms with van der Waals surface area (Å²) in [7, 11) is -0.820. The van der Waals surface area contributed by atoms with E-state index in [1.807, 2.05) is 19.9 Å². The van der Waals surface area contributed by atoms with Gasteiger partial charge in [0, 0.05) is 28.9 Å². The largest absolute Gasteiger partial charge is 0.478 e. The molecule has 0 aromatic heterocycles. The Labute approximate surface area is 110 Å². The molecule has 1 rings (SSSR count). The van der Waals surface area contributed by atoms with Crippen LogP contribution in [0.1, 0.15) is 29.3 Å². The summed E-state index contributed by atoms with van der Waals surface area (Å²) in [6, 6.07) is 5.28. The fourth-order valence-electron chi connectivity index (χ4n) is 1.70. The second kappa shape index (κ2) is 6.54. The fraction of sp³-hybridized carbons (Fsp3) is 0.462. The third kappa shape index (κ3) is 4.14. The Kier molecular flexibility index (Phi) is 5.34. The lowest BCUT2D eigenvalue weighted by molar-refractivity contribution is 0.0698. The monoisotopic (exact) mass is 269 g/mol. The molecule has 0 fully saturated rings. The van der Waals surface area contributed by atoms with E-state index in [9.17, 15) is 9.00 Å². The number of benzene rings is 1. The van der Waals surface area contributed by atoms with Gasteiger partial charge in [-0.25, -0.2) is 4.79 Å². The van der Waals surface area contributed by atoms with E-state index in [0.717, 1.165) is 12.0 Å². The van der Waals surface area contributed by atoms with Crippen molar-refractivity contribution in [3.63, 3.8) is 0 Å². The quantitative estimate of drug-likeness (QED) is 0.831. The molecule has 0 saturated carbocycles. The summed E-state index contributed by atoms with van der Waals surface area (Å²) < 4.78 is 11.0. The van der Waals surface area contributed by atoms with E-state index in [2.05, 4.69) is 5.32 Å².